The Kier molecular flexibility index (Phi) is 5.13. The molecular formula is C18H18FN3O4. The van der Waals surface area contributed by atoms with Gasteiger partial charge in [0, 0.05) is 12.5 Å². The second kappa shape index (κ2) is 7.49. The molecule has 26 heavy (non-hydrogen) atoms. The molecule has 1 saturated heterocycles. The fraction of sp³-hybridized carbons (Fsp3) is 0.278. The highest BCUT2D eigenvalue weighted by Crippen LogP contribution is 2.28. The molecule has 1 fully saturated rings. The van der Waals surface area contributed by atoms with Gasteiger partial charge in [0.2, 0.25) is 5.91 Å². The highest BCUT2D eigenvalue weighted by molar-refractivity contribution is 5.90. The number of nitrogens with zero attached hydrogens (tertiary/aromatic N) is 2. The molecule has 0 saturated carbocycles. The van der Waals surface area contributed by atoms with Crippen LogP contribution in [0.3, 0.4) is 0 Å². The Hall–Kier alpha value is -3.00. The number of aliphatic hydroxyl groups is 1. The molecule has 2 aromatic rings. The zero-order valence-corrected chi connectivity index (χ0v) is 14.1. The summed E-state index contributed by atoms with van der Waals surface area (Å²) in [5, 5.41) is 11.7. The number of carbonyl (C=O) groups excluding carboxylic acids is 2. The van der Waals surface area contributed by atoms with Crippen LogP contribution in [0.15, 0.2) is 36.4 Å². The van der Waals surface area contributed by atoms with Gasteiger partial charge in [-0.05, 0) is 30.3 Å². The van der Waals surface area contributed by atoms with Crippen molar-refractivity contribution in [2.45, 2.75) is 19.6 Å². The summed E-state index contributed by atoms with van der Waals surface area (Å²) in [5.74, 6) is -0.754. The van der Waals surface area contributed by atoms with Gasteiger partial charge in [0.25, 0.3) is 0 Å². The number of nitrogens with one attached hydrogen (secondary N) is 1. The maximum Gasteiger partial charge on any atom is 0.414 e. The van der Waals surface area contributed by atoms with Crippen LogP contribution >= 0.6 is 0 Å². The fourth-order valence-electron chi connectivity index (χ4n) is 2.69. The summed E-state index contributed by atoms with van der Waals surface area (Å²) in [5.41, 5.74) is 1.47. The number of aliphatic hydroxyl groups excluding tert-OH is 1. The molecule has 2 amide bonds. The topological polar surface area (TPSA) is 91.8 Å². The van der Waals surface area contributed by atoms with Crippen LogP contribution in [0, 0.1) is 5.82 Å². The van der Waals surface area contributed by atoms with Gasteiger partial charge in [-0.2, -0.15) is 0 Å². The lowest BCUT2D eigenvalue weighted by molar-refractivity contribution is -0.119. The first-order valence-corrected chi connectivity index (χ1v) is 8.07. The van der Waals surface area contributed by atoms with Gasteiger partial charge in [0.05, 0.1) is 36.8 Å². The third-order valence-electron chi connectivity index (χ3n) is 3.96. The van der Waals surface area contributed by atoms with E-state index >= 15 is 0 Å². The predicted octanol–water partition coefficient (Wildman–Crippen LogP) is 1.84. The van der Waals surface area contributed by atoms with Crippen LogP contribution in [-0.2, 0) is 16.1 Å². The van der Waals surface area contributed by atoms with Gasteiger partial charge in [-0.25, -0.2) is 9.18 Å². The summed E-state index contributed by atoms with van der Waals surface area (Å²) in [6.07, 6.45) is -1.08. The molecule has 8 heteroatoms. The van der Waals surface area contributed by atoms with Gasteiger partial charge in [-0.3, -0.25) is 14.7 Å². The fourth-order valence-corrected chi connectivity index (χ4v) is 2.69. The molecule has 1 aliphatic rings. The van der Waals surface area contributed by atoms with Crippen LogP contribution in [0.2, 0.25) is 0 Å². The molecule has 0 bridgehead atoms. The summed E-state index contributed by atoms with van der Waals surface area (Å²) in [6.45, 7) is 1.57. The molecule has 3 rings (SSSR count). The first-order valence-electron chi connectivity index (χ1n) is 8.07. The monoisotopic (exact) mass is 359 g/mol. The standard InChI is InChI=1S/C18H18FN3O4/c1-11(24)20-8-14-9-22(18(25)26-14)13-5-6-15(16(19)7-13)17-4-2-3-12(10-23)21-17/h2-7,14,23H,8-10H2,1H3,(H,20,24). The third-order valence-corrected chi connectivity index (χ3v) is 3.96. The summed E-state index contributed by atoms with van der Waals surface area (Å²) in [7, 11) is 0. The molecule has 1 unspecified atom stereocenters. The largest absolute Gasteiger partial charge is 0.442 e. The molecule has 0 aliphatic carbocycles. The Morgan fingerprint density at radius 3 is 2.92 bits per heavy atom. The Labute approximate surface area is 149 Å². The number of anilines is 1. The predicted molar refractivity (Wildman–Crippen MR) is 91.9 cm³/mol. The first kappa shape index (κ1) is 17.8. The van der Waals surface area contributed by atoms with E-state index in [2.05, 4.69) is 10.3 Å². The second-order valence-electron chi connectivity index (χ2n) is 5.89. The minimum atomic E-state index is -0.590. The molecule has 1 aliphatic heterocycles. The van der Waals surface area contributed by atoms with Crippen molar-refractivity contribution in [1.82, 2.24) is 10.3 Å². The van der Waals surface area contributed by atoms with Gasteiger partial charge >= 0.3 is 6.09 Å². The van der Waals surface area contributed by atoms with E-state index in [4.69, 9.17) is 9.84 Å². The Morgan fingerprint density at radius 1 is 1.42 bits per heavy atom. The Morgan fingerprint density at radius 2 is 2.23 bits per heavy atom. The number of hydrogen-bond donors (Lipinski definition) is 2. The van der Waals surface area contributed by atoms with E-state index in [9.17, 15) is 14.0 Å². The number of rotatable bonds is 5. The van der Waals surface area contributed by atoms with Gasteiger partial charge in [0.15, 0.2) is 0 Å². The van der Waals surface area contributed by atoms with E-state index in [-0.39, 0.29) is 31.2 Å². The van der Waals surface area contributed by atoms with E-state index in [1.807, 2.05) is 0 Å². The van der Waals surface area contributed by atoms with E-state index in [1.165, 1.54) is 24.0 Å². The SMILES string of the molecule is CC(=O)NCC1CN(c2ccc(-c3cccc(CO)n3)c(F)c2)C(=O)O1. The lowest BCUT2D eigenvalue weighted by Crippen LogP contribution is -2.33. The number of amides is 2. The van der Waals surface area contributed by atoms with E-state index < -0.39 is 18.0 Å². The summed E-state index contributed by atoms with van der Waals surface area (Å²) >= 11 is 0. The van der Waals surface area contributed by atoms with Gasteiger partial charge < -0.3 is 15.2 Å². The number of aromatic nitrogens is 1. The molecule has 2 N–H and O–H groups in total. The molecule has 0 spiro atoms. The zero-order chi connectivity index (χ0) is 18.7. The van der Waals surface area contributed by atoms with Crippen LogP contribution in [-0.4, -0.2) is 41.3 Å². The number of benzene rings is 1. The van der Waals surface area contributed by atoms with Crippen LogP contribution in [0.4, 0.5) is 14.9 Å². The van der Waals surface area contributed by atoms with Crippen molar-refractivity contribution >= 4 is 17.7 Å². The number of halogens is 1. The van der Waals surface area contributed by atoms with Gasteiger partial charge in [-0.1, -0.05) is 6.07 Å². The maximum atomic E-state index is 14.6. The molecule has 2 heterocycles. The smallest absolute Gasteiger partial charge is 0.414 e. The maximum absolute atomic E-state index is 14.6. The summed E-state index contributed by atoms with van der Waals surface area (Å²) in [6, 6.07) is 9.35. The quantitative estimate of drug-likeness (QED) is 0.850. The van der Waals surface area contributed by atoms with Crippen molar-refractivity contribution in [2.75, 3.05) is 18.0 Å². The molecule has 1 atom stereocenters. The van der Waals surface area contributed by atoms with Crippen molar-refractivity contribution in [3.8, 4) is 11.3 Å². The van der Waals surface area contributed by atoms with Crippen LogP contribution in [0.25, 0.3) is 11.3 Å². The van der Waals surface area contributed by atoms with Crippen molar-refractivity contribution in [3.63, 3.8) is 0 Å². The van der Waals surface area contributed by atoms with E-state index in [0.29, 0.717) is 17.1 Å². The average Bonchev–Trinajstić information content (AvgIpc) is 3.00. The minimum absolute atomic E-state index is 0.204. The molecular weight excluding hydrogens is 341 g/mol. The highest BCUT2D eigenvalue weighted by atomic mass is 19.1. The normalized spacial score (nSPS) is 16.5. The van der Waals surface area contributed by atoms with Crippen LogP contribution < -0.4 is 10.2 Å². The van der Waals surface area contributed by atoms with Gasteiger partial charge in [-0.15, -0.1) is 0 Å². The average molecular weight is 359 g/mol. The summed E-state index contributed by atoms with van der Waals surface area (Å²) in [4.78, 5) is 28.5. The Bertz CT molecular complexity index is 843. The number of cyclic esters (lactones) is 1. The van der Waals surface area contributed by atoms with Crippen molar-refractivity contribution in [2.24, 2.45) is 0 Å². The number of carbonyl (C=O) groups is 2. The molecule has 0 radical (unpaired) electrons. The minimum Gasteiger partial charge on any atom is -0.442 e. The van der Waals surface area contributed by atoms with Crippen LogP contribution in [0.5, 0.6) is 0 Å². The van der Waals surface area contributed by atoms with Gasteiger partial charge in [0.1, 0.15) is 11.9 Å². The number of ether oxygens (including phenoxy) is 1. The molecule has 1 aromatic heterocycles. The lowest BCUT2D eigenvalue weighted by Gasteiger charge is -2.14. The first-order chi connectivity index (χ1) is 12.5. The highest BCUT2D eigenvalue weighted by Gasteiger charge is 2.32. The van der Waals surface area contributed by atoms with Crippen molar-refractivity contribution < 1.29 is 23.8 Å². The van der Waals surface area contributed by atoms with E-state index in [0.717, 1.165) is 0 Å². The number of hydrogen-bond acceptors (Lipinski definition) is 5. The zero-order valence-electron chi connectivity index (χ0n) is 14.1. The molecule has 7 nitrogen and oxygen atoms in total. The van der Waals surface area contributed by atoms with Crippen LogP contribution in [0.1, 0.15) is 12.6 Å². The van der Waals surface area contributed by atoms with Crippen molar-refractivity contribution in [1.29, 1.82) is 0 Å². The van der Waals surface area contributed by atoms with E-state index in [1.54, 1.807) is 24.3 Å². The van der Waals surface area contributed by atoms with Crippen molar-refractivity contribution in [3.05, 3.63) is 47.9 Å². The second-order valence-corrected chi connectivity index (χ2v) is 5.89. The molecule has 1 aromatic carbocycles. The molecule has 136 valence electrons. The summed E-state index contributed by atoms with van der Waals surface area (Å²) < 4.78 is 19.7. The lowest BCUT2D eigenvalue weighted by atomic mass is 10.1. The Balaban J connectivity index is 1.79. The number of pyridine rings is 1. The third kappa shape index (κ3) is 3.80.